The molecule has 1 aromatic rings. The molecule has 1 aromatic carbocycles. The van der Waals surface area contributed by atoms with Crippen molar-refractivity contribution in [2.24, 2.45) is 0 Å². The Morgan fingerprint density at radius 3 is 2.56 bits per heavy atom. The SMILES string of the molecule is Cc1cc(C2(C(O)C(=O)O)CC2)ccc1Br. The van der Waals surface area contributed by atoms with Gasteiger partial charge in [0.25, 0.3) is 0 Å². The Morgan fingerprint density at radius 1 is 1.50 bits per heavy atom. The molecule has 0 bridgehead atoms. The molecule has 0 spiro atoms. The van der Waals surface area contributed by atoms with Crippen LogP contribution in [0.5, 0.6) is 0 Å². The predicted molar refractivity (Wildman–Crippen MR) is 63.4 cm³/mol. The fourth-order valence-electron chi connectivity index (χ4n) is 2.05. The van der Waals surface area contributed by atoms with Crippen LogP contribution in [-0.2, 0) is 10.2 Å². The number of rotatable bonds is 3. The van der Waals surface area contributed by atoms with E-state index in [0.717, 1.165) is 28.4 Å². The number of benzene rings is 1. The van der Waals surface area contributed by atoms with Gasteiger partial charge in [-0.25, -0.2) is 4.79 Å². The van der Waals surface area contributed by atoms with Gasteiger partial charge in [0.05, 0.1) is 0 Å². The van der Waals surface area contributed by atoms with Gasteiger partial charge in [0.15, 0.2) is 6.10 Å². The van der Waals surface area contributed by atoms with E-state index >= 15 is 0 Å². The summed E-state index contributed by atoms with van der Waals surface area (Å²) in [6.45, 7) is 1.96. The highest BCUT2D eigenvalue weighted by molar-refractivity contribution is 9.10. The zero-order valence-electron chi connectivity index (χ0n) is 8.90. The fourth-order valence-corrected chi connectivity index (χ4v) is 2.29. The topological polar surface area (TPSA) is 57.5 Å². The molecule has 0 radical (unpaired) electrons. The summed E-state index contributed by atoms with van der Waals surface area (Å²) in [7, 11) is 0. The van der Waals surface area contributed by atoms with Gasteiger partial charge in [-0.3, -0.25) is 0 Å². The molecule has 0 heterocycles. The molecule has 0 aliphatic heterocycles. The molecule has 3 nitrogen and oxygen atoms in total. The van der Waals surface area contributed by atoms with Crippen LogP contribution in [0.25, 0.3) is 0 Å². The van der Waals surface area contributed by atoms with Crippen molar-refractivity contribution in [3.05, 3.63) is 33.8 Å². The summed E-state index contributed by atoms with van der Waals surface area (Å²) >= 11 is 3.40. The Labute approximate surface area is 102 Å². The highest BCUT2D eigenvalue weighted by Gasteiger charge is 2.53. The number of hydrogen-bond acceptors (Lipinski definition) is 2. The van der Waals surface area contributed by atoms with Crippen molar-refractivity contribution < 1.29 is 15.0 Å². The number of aliphatic hydroxyl groups is 1. The molecule has 2 N–H and O–H groups in total. The van der Waals surface area contributed by atoms with Crippen LogP contribution in [0.15, 0.2) is 22.7 Å². The van der Waals surface area contributed by atoms with Crippen LogP contribution < -0.4 is 0 Å². The maximum Gasteiger partial charge on any atom is 0.333 e. The average molecular weight is 285 g/mol. The number of carboxylic acids is 1. The highest BCUT2D eigenvalue weighted by atomic mass is 79.9. The van der Waals surface area contributed by atoms with Gasteiger partial charge in [0.2, 0.25) is 0 Å². The minimum Gasteiger partial charge on any atom is -0.479 e. The number of aryl methyl sites for hydroxylation is 1. The molecule has 1 unspecified atom stereocenters. The van der Waals surface area contributed by atoms with Crippen LogP contribution in [0.4, 0.5) is 0 Å². The Kier molecular flexibility index (Phi) is 2.80. The van der Waals surface area contributed by atoms with E-state index in [-0.39, 0.29) is 0 Å². The van der Waals surface area contributed by atoms with Gasteiger partial charge in [0, 0.05) is 9.89 Å². The average Bonchev–Trinajstić information content (AvgIpc) is 3.02. The Morgan fingerprint density at radius 2 is 2.12 bits per heavy atom. The summed E-state index contributed by atoms with van der Waals surface area (Å²) in [5.41, 5.74) is 1.42. The van der Waals surface area contributed by atoms with Crippen LogP contribution in [0.2, 0.25) is 0 Å². The first-order chi connectivity index (χ1) is 7.47. The molecule has 0 saturated heterocycles. The van der Waals surface area contributed by atoms with Crippen LogP contribution in [0, 0.1) is 6.92 Å². The number of halogens is 1. The van der Waals surface area contributed by atoms with Crippen molar-refractivity contribution in [3.63, 3.8) is 0 Å². The van der Waals surface area contributed by atoms with Gasteiger partial charge < -0.3 is 10.2 Å². The minimum atomic E-state index is -1.30. The largest absolute Gasteiger partial charge is 0.479 e. The van der Waals surface area contributed by atoms with E-state index < -0.39 is 17.5 Å². The molecule has 1 aliphatic rings. The lowest BCUT2D eigenvalue weighted by Crippen LogP contribution is -2.33. The fraction of sp³-hybridized carbons (Fsp3) is 0.417. The van der Waals surface area contributed by atoms with Crippen LogP contribution in [-0.4, -0.2) is 22.3 Å². The van der Waals surface area contributed by atoms with Gasteiger partial charge in [-0.2, -0.15) is 0 Å². The van der Waals surface area contributed by atoms with Crippen molar-refractivity contribution in [2.45, 2.75) is 31.3 Å². The molecule has 16 heavy (non-hydrogen) atoms. The molecule has 1 atom stereocenters. The van der Waals surface area contributed by atoms with Gasteiger partial charge in [-0.1, -0.05) is 28.1 Å². The summed E-state index contributed by atoms with van der Waals surface area (Å²) in [5, 5.41) is 18.6. The number of hydrogen-bond donors (Lipinski definition) is 2. The standard InChI is InChI=1S/C12H13BrO3/c1-7-6-8(2-3-9(7)13)12(4-5-12)10(14)11(15)16/h2-3,6,10,14H,4-5H2,1H3,(H,15,16). The van der Waals surface area contributed by atoms with Crippen molar-refractivity contribution in [1.82, 2.24) is 0 Å². The summed E-state index contributed by atoms with van der Waals surface area (Å²) in [4.78, 5) is 10.9. The lowest BCUT2D eigenvalue weighted by molar-refractivity contribution is -0.148. The summed E-state index contributed by atoms with van der Waals surface area (Å²) in [6.07, 6.45) is 0.177. The van der Waals surface area contributed by atoms with Crippen LogP contribution in [0.1, 0.15) is 24.0 Å². The maximum absolute atomic E-state index is 10.9. The number of carbonyl (C=O) groups is 1. The Hall–Kier alpha value is -0.870. The highest BCUT2D eigenvalue weighted by Crippen LogP contribution is 2.51. The van der Waals surface area contributed by atoms with Gasteiger partial charge in [-0.05, 0) is 37.0 Å². The summed E-state index contributed by atoms with van der Waals surface area (Å²) < 4.78 is 0.997. The zero-order valence-corrected chi connectivity index (χ0v) is 10.5. The van der Waals surface area contributed by atoms with E-state index in [1.807, 2.05) is 25.1 Å². The van der Waals surface area contributed by atoms with E-state index in [1.54, 1.807) is 0 Å². The second-order valence-corrected chi connectivity index (χ2v) is 5.22. The van der Waals surface area contributed by atoms with E-state index in [4.69, 9.17) is 5.11 Å². The van der Waals surface area contributed by atoms with E-state index in [0.29, 0.717) is 0 Å². The molecule has 1 aliphatic carbocycles. The van der Waals surface area contributed by atoms with Gasteiger partial charge in [0.1, 0.15) is 0 Å². The van der Waals surface area contributed by atoms with Crippen molar-refractivity contribution in [1.29, 1.82) is 0 Å². The molecule has 1 saturated carbocycles. The second-order valence-electron chi connectivity index (χ2n) is 4.36. The van der Waals surface area contributed by atoms with Crippen molar-refractivity contribution in [3.8, 4) is 0 Å². The first-order valence-electron chi connectivity index (χ1n) is 5.15. The molecule has 4 heteroatoms. The third-order valence-corrected chi connectivity index (χ3v) is 4.17. The first kappa shape index (κ1) is 11.6. The van der Waals surface area contributed by atoms with Crippen LogP contribution >= 0.6 is 15.9 Å². The summed E-state index contributed by atoms with van der Waals surface area (Å²) in [5.74, 6) is -1.14. The number of aliphatic hydroxyl groups excluding tert-OH is 1. The van der Waals surface area contributed by atoms with Gasteiger partial charge in [-0.15, -0.1) is 0 Å². The maximum atomic E-state index is 10.9. The number of aliphatic carboxylic acids is 1. The van der Waals surface area contributed by atoms with E-state index in [1.165, 1.54) is 0 Å². The van der Waals surface area contributed by atoms with Crippen molar-refractivity contribution in [2.75, 3.05) is 0 Å². The molecule has 0 amide bonds. The molecule has 86 valence electrons. The molecular weight excluding hydrogens is 272 g/mol. The van der Waals surface area contributed by atoms with E-state index in [2.05, 4.69) is 15.9 Å². The minimum absolute atomic E-state index is 0.558. The molecular formula is C12H13BrO3. The lowest BCUT2D eigenvalue weighted by Gasteiger charge is -2.19. The zero-order chi connectivity index (χ0) is 11.9. The second kappa shape index (κ2) is 3.86. The molecule has 1 fully saturated rings. The normalized spacial score (nSPS) is 19.2. The van der Waals surface area contributed by atoms with Gasteiger partial charge >= 0.3 is 5.97 Å². The first-order valence-corrected chi connectivity index (χ1v) is 5.94. The lowest BCUT2D eigenvalue weighted by atomic mass is 9.89. The quantitative estimate of drug-likeness (QED) is 0.895. The Balaban J connectivity index is 2.37. The monoisotopic (exact) mass is 284 g/mol. The third kappa shape index (κ3) is 1.76. The van der Waals surface area contributed by atoms with Crippen molar-refractivity contribution >= 4 is 21.9 Å². The van der Waals surface area contributed by atoms with Crippen LogP contribution in [0.3, 0.4) is 0 Å². The molecule has 0 aromatic heterocycles. The number of carboxylic acid groups (broad SMARTS) is 1. The molecule has 2 rings (SSSR count). The summed E-state index contributed by atoms with van der Waals surface area (Å²) in [6, 6.07) is 5.73. The van der Waals surface area contributed by atoms with E-state index in [9.17, 15) is 9.90 Å². The predicted octanol–water partition coefficient (Wildman–Crippen LogP) is 2.23. The smallest absolute Gasteiger partial charge is 0.333 e. The Bertz CT molecular complexity index is 438. The third-order valence-electron chi connectivity index (χ3n) is 3.28.